The molecule has 40 atom stereocenters. The number of carbonyl (C=O) groups is 5. The number of hydrogen-bond donors (Lipinski definition) is 29. The molecule has 7 heterocycles. The molecule has 0 bridgehead atoms. The van der Waals surface area contributed by atoms with E-state index >= 15 is 0 Å². The summed E-state index contributed by atoms with van der Waals surface area (Å²) in [6.07, 6.45) is -78.0. The molecule has 107 heavy (non-hydrogen) atoms. The minimum absolute atomic E-state index is 0.856. The van der Waals surface area contributed by atoms with Crippen LogP contribution in [0.5, 0.6) is 0 Å². The Kier molecular flexibility index (Phi) is 33.3. The molecule has 48 nitrogen and oxygen atoms in total. The summed E-state index contributed by atoms with van der Waals surface area (Å²) in [6, 6.07) is -7.40. The molecule has 48 heteroatoms. The van der Waals surface area contributed by atoms with Crippen LogP contribution in [-0.2, 0) is 90.3 Å². The monoisotopic (exact) mass is 1570 g/mol. The van der Waals surface area contributed by atoms with Crippen molar-refractivity contribution in [1.29, 1.82) is 0 Å². The third-order valence-corrected chi connectivity index (χ3v) is 18.9. The molecule has 0 aromatic rings. The van der Waals surface area contributed by atoms with Gasteiger partial charge in [0.1, 0.15) is 183 Å². The highest BCUT2D eigenvalue weighted by Crippen LogP contribution is 2.42. The number of carboxylic acids is 1. The van der Waals surface area contributed by atoms with Crippen molar-refractivity contribution in [3.8, 4) is 0 Å². The Morgan fingerprint density at radius 2 is 0.841 bits per heavy atom. The first kappa shape index (κ1) is 90.0. The summed E-state index contributed by atoms with van der Waals surface area (Å²) < 4.78 is 82.1. The Bertz CT molecular complexity index is 2820. The fourth-order valence-corrected chi connectivity index (χ4v) is 13.3. The Morgan fingerprint density at radius 1 is 0.421 bits per heavy atom. The van der Waals surface area contributed by atoms with Crippen molar-refractivity contribution in [3.63, 3.8) is 0 Å². The SMILES string of the molecule is CC(=O)N[C@H]1[C@H](OC[C@H]2O[C@@H](O[C@@H]([C@H](O)[C@H](CO)NC(C)=O)[C@H](O)CO)[C@H](O)[C@@H](O[C@@H]3O[C@H](CO)[C@H](O)[C@H](O[C@H]4O[C@H](CO)[C@H](O)[C@H](O)[C@H]4O)[C@H]3O)[C@H]2O)O[C@H](CO)[C@@H](O[C@@H]2O[C@H](CO)[C@H](O[C@@H]3O[C@H](CO)[C@H](O)[C@H](O)[C@H]3NC(C)=O)[C@H](O[C@]3(C(=O)O)C[C@H](O)[C@@H](NC(C)=O)[C@H]([C@H](O)[C@H](O)CO)O3)[C@H]2O)[C@@H]1O. The van der Waals surface area contributed by atoms with Crippen molar-refractivity contribution < 1.29 is 218 Å². The van der Waals surface area contributed by atoms with Gasteiger partial charge in [-0.2, -0.15) is 0 Å². The number of carboxylic acid groups (broad SMARTS) is 1. The summed E-state index contributed by atoms with van der Waals surface area (Å²) in [7, 11) is 0. The standard InChI is InChI=1S/C59H100N4O44/c1-15(72)60-19(6-64)32(79)45(22(78)8-66)101-56-43(90)50(105-55-42(89)49(36(83)25(11-69)97-55)104-54-41(88)40(87)35(82)24(10-68)96-54)37(84)28(100-56)14-94-52-31(63-18(4)75)39(86)46(26(12-70)98-52)102-57-44(91)51(47(27(13-71)99-57)103-53-30(62-17(3)74)38(85)34(81)23(9-67)95-53)107-59(58(92)93)5-20(76)29(61-16(2)73)48(106-59)33(80)21(77)7-65/h19-57,64-71,76-91H,5-14H2,1-4H3,(H,60,72)(H,61,73)(H,62,74)(H,63,75)(H,92,93)/t19-,20-,21+,22+,23+,24+,25+,26+,27+,28+,29+,30+,31+,32+,33+,34-,35-,36-,37-,38+,39+,40-,41+,42+,43+,44+,45+,46+,47-,48+,49-,50-,51+,52+,53-,54+,55-,56-,57-,59-/m0/s1. The minimum atomic E-state index is -3.44. The molecule has 0 aromatic carbocycles. The van der Waals surface area contributed by atoms with Crippen LogP contribution in [0.4, 0.5) is 0 Å². The lowest BCUT2D eigenvalue weighted by Crippen LogP contribution is -2.72. The van der Waals surface area contributed by atoms with Gasteiger partial charge in [-0.05, 0) is 0 Å². The van der Waals surface area contributed by atoms with Crippen LogP contribution in [0.15, 0.2) is 0 Å². The average molecular weight is 1570 g/mol. The second kappa shape index (κ2) is 39.5. The number of aliphatic hydroxyl groups excluding tert-OH is 24. The van der Waals surface area contributed by atoms with E-state index in [4.69, 9.17) is 66.3 Å². The third-order valence-electron chi connectivity index (χ3n) is 18.9. The van der Waals surface area contributed by atoms with Crippen LogP contribution in [0, 0.1) is 0 Å². The average Bonchev–Trinajstić information content (AvgIpc) is 0.753. The zero-order valence-electron chi connectivity index (χ0n) is 57.5. The van der Waals surface area contributed by atoms with Gasteiger partial charge in [-0.1, -0.05) is 0 Å². The Balaban J connectivity index is 1.23. The Hall–Kier alpha value is -4.17. The van der Waals surface area contributed by atoms with E-state index in [1.54, 1.807) is 0 Å². The molecule has 7 saturated heterocycles. The summed E-state index contributed by atoms with van der Waals surface area (Å²) in [5, 5.41) is 284. The lowest BCUT2D eigenvalue weighted by Gasteiger charge is -2.52. The van der Waals surface area contributed by atoms with Gasteiger partial charge < -0.3 is 215 Å². The number of aliphatic carboxylic acids is 1. The molecule has 7 rings (SSSR count). The van der Waals surface area contributed by atoms with Gasteiger partial charge in [-0.3, -0.25) is 19.2 Å². The maximum atomic E-state index is 13.7. The fraction of sp³-hybridized carbons (Fsp3) is 0.915. The minimum Gasteiger partial charge on any atom is -0.477 e. The summed E-state index contributed by atoms with van der Waals surface area (Å²) in [5.74, 6) is -9.36. The second-order valence-electron chi connectivity index (χ2n) is 26.5. The maximum absolute atomic E-state index is 13.7. The molecule has 0 spiro atoms. The molecule has 7 aliphatic heterocycles. The second-order valence-corrected chi connectivity index (χ2v) is 26.5. The molecule has 620 valence electrons. The highest BCUT2D eigenvalue weighted by Gasteiger charge is 2.63. The van der Waals surface area contributed by atoms with Crippen LogP contribution in [0.25, 0.3) is 0 Å². The topological polar surface area (TPSA) is 768 Å². The van der Waals surface area contributed by atoms with Crippen LogP contribution in [-0.4, -0.2) is 461 Å². The zero-order valence-corrected chi connectivity index (χ0v) is 57.5. The summed E-state index contributed by atoms with van der Waals surface area (Å²) >= 11 is 0. The Morgan fingerprint density at radius 3 is 1.35 bits per heavy atom. The van der Waals surface area contributed by atoms with Crippen LogP contribution in [0.3, 0.4) is 0 Å². The van der Waals surface area contributed by atoms with Crippen molar-refractivity contribution in [2.24, 2.45) is 0 Å². The fourth-order valence-electron chi connectivity index (χ4n) is 13.3. The van der Waals surface area contributed by atoms with Gasteiger partial charge in [0.05, 0.1) is 77.6 Å². The largest absolute Gasteiger partial charge is 0.477 e. The number of ether oxygens (including phenoxy) is 14. The van der Waals surface area contributed by atoms with E-state index < -0.39 is 340 Å². The first-order chi connectivity index (χ1) is 50.4. The third kappa shape index (κ3) is 20.6. The van der Waals surface area contributed by atoms with Crippen molar-refractivity contribution >= 4 is 29.6 Å². The molecule has 0 radical (unpaired) electrons. The van der Waals surface area contributed by atoms with E-state index in [0.717, 1.165) is 27.7 Å². The van der Waals surface area contributed by atoms with Gasteiger partial charge in [-0.15, -0.1) is 0 Å². The van der Waals surface area contributed by atoms with Crippen molar-refractivity contribution in [3.05, 3.63) is 0 Å². The number of rotatable bonds is 33. The van der Waals surface area contributed by atoms with Crippen molar-refractivity contribution in [2.75, 3.05) is 59.5 Å². The van der Waals surface area contributed by atoms with E-state index in [2.05, 4.69) is 21.3 Å². The zero-order chi connectivity index (χ0) is 79.7. The van der Waals surface area contributed by atoms with Gasteiger partial charge in [0.2, 0.25) is 23.6 Å². The van der Waals surface area contributed by atoms with Crippen LogP contribution >= 0.6 is 0 Å². The number of amides is 4. The first-order valence-corrected chi connectivity index (χ1v) is 33.7. The quantitative estimate of drug-likeness (QED) is 0.0290. The molecule has 7 aliphatic rings. The van der Waals surface area contributed by atoms with E-state index in [9.17, 15) is 152 Å². The predicted octanol–water partition coefficient (Wildman–Crippen LogP) is -19.0. The summed E-state index contributed by atoms with van der Waals surface area (Å²) in [4.78, 5) is 63.9. The molecule has 0 aromatic heterocycles. The van der Waals surface area contributed by atoms with Crippen LogP contribution < -0.4 is 21.3 Å². The lowest BCUT2D eigenvalue weighted by atomic mass is 9.88. The van der Waals surface area contributed by atoms with Crippen molar-refractivity contribution in [2.45, 2.75) is 279 Å². The van der Waals surface area contributed by atoms with E-state index in [-0.39, 0.29) is 0 Å². The number of hydrogen-bond acceptors (Lipinski definition) is 43. The van der Waals surface area contributed by atoms with E-state index in [1.807, 2.05) is 0 Å². The van der Waals surface area contributed by atoms with Gasteiger partial charge in [0.15, 0.2) is 37.7 Å². The summed E-state index contributed by atoms with van der Waals surface area (Å²) in [6.45, 7) is -6.78. The molecular formula is C59H100N4O44. The van der Waals surface area contributed by atoms with Gasteiger partial charge in [-0.25, -0.2) is 4.79 Å². The molecule has 29 N–H and O–H groups in total. The number of carbonyl (C=O) groups excluding carboxylic acids is 4. The van der Waals surface area contributed by atoms with Crippen LogP contribution in [0.2, 0.25) is 0 Å². The molecule has 0 saturated carbocycles. The smallest absolute Gasteiger partial charge is 0.364 e. The van der Waals surface area contributed by atoms with E-state index in [0.29, 0.717) is 0 Å². The number of aliphatic hydroxyl groups is 24. The van der Waals surface area contributed by atoms with Crippen molar-refractivity contribution in [1.82, 2.24) is 21.3 Å². The molecule has 4 amide bonds. The van der Waals surface area contributed by atoms with Gasteiger partial charge >= 0.3 is 5.97 Å². The predicted molar refractivity (Wildman–Crippen MR) is 330 cm³/mol. The molecule has 0 aliphatic carbocycles. The van der Waals surface area contributed by atoms with Crippen LogP contribution in [0.1, 0.15) is 34.1 Å². The normalized spacial score (nSPS) is 43.8. The highest BCUT2D eigenvalue weighted by atomic mass is 16.8. The summed E-state index contributed by atoms with van der Waals surface area (Å²) in [5.41, 5.74) is 0. The Labute approximate surface area is 605 Å². The molecule has 0 unspecified atom stereocenters. The number of nitrogens with one attached hydrogen (secondary N) is 4. The molecular weight excluding hydrogens is 1470 g/mol. The highest BCUT2D eigenvalue weighted by molar-refractivity contribution is 5.77. The lowest BCUT2D eigenvalue weighted by molar-refractivity contribution is -0.399. The van der Waals surface area contributed by atoms with Gasteiger partial charge in [0, 0.05) is 34.1 Å². The molecule has 7 fully saturated rings. The maximum Gasteiger partial charge on any atom is 0.364 e. The van der Waals surface area contributed by atoms with Gasteiger partial charge in [0.25, 0.3) is 5.79 Å². The van der Waals surface area contributed by atoms with E-state index in [1.165, 1.54) is 0 Å². The first-order valence-electron chi connectivity index (χ1n) is 33.7.